The van der Waals surface area contributed by atoms with Crippen molar-refractivity contribution in [3.8, 4) is 22.9 Å². The molecule has 0 aliphatic heterocycles. The van der Waals surface area contributed by atoms with Crippen molar-refractivity contribution in [2.75, 3.05) is 5.32 Å². The van der Waals surface area contributed by atoms with Crippen LogP contribution in [0.1, 0.15) is 11.3 Å². The van der Waals surface area contributed by atoms with Crippen molar-refractivity contribution in [1.29, 1.82) is 0 Å². The SMILES string of the molecule is Cc1nc2ccc(NCc3cc(OC(F)(F)F)ccc3O)cc2n2c(-c3ccccc3Cl)nnc12. The van der Waals surface area contributed by atoms with E-state index in [9.17, 15) is 18.3 Å². The van der Waals surface area contributed by atoms with Crippen molar-refractivity contribution in [2.45, 2.75) is 19.8 Å². The zero-order valence-corrected chi connectivity index (χ0v) is 18.9. The zero-order chi connectivity index (χ0) is 24.7. The van der Waals surface area contributed by atoms with Gasteiger partial charge in [-0.25, -0.2) is 4.98 Å². The molecule has 2 aromatic heterocycles. The predicted molar refractivity (Wildman–Crippen MR) is 126 cm³/mol. The van der Waals surface area contributed by atoms with E-state index in [-0.39, 0.29) is 17.9 Å². The minimum Gasteiger partial charge on any atom is -0.508 e. The molecule has 0 aliphatic rings. The number of fused-ring (bicyclic) bond motifs is 3. The molecule has 0 saturated carbocycles. The van der Waals surface area contributed by atoms with Crippen molar-refractivity contribution in [3.63, 3.8) is 0 Å². The minimum atomic E-state index is -4.82. The number of anilines is 1. The molecule has 0 amide bonds. The normalized spacial score (nSPS) is 11.8. The number of aromatic hydroxyl groups is 1. The molecule has 0 fully saturated rings. The van der Waals surface area contributed by atoms with E-state index in [2.05, 4.69) is 25.2 Å². The molecule has 178 valence electrons. The van der Waals surface area contributed by atoms with Crippen LogP contribution in [0.5, 0.6) is 11.5 Å². The fourth-order valence-corrected chi connectivity index (χ4v) is 4.02. The van der Waals surface area contributed by atoms with E-state index < -0.39 is 12.1 Å². The van der Waals surface area contributed by atoms with Gasteiger partial charge in [-0.1, -0.05) is 23.7 Å². The number of aryl methyl sites for hydroxylation is 1. The van der Waals surface area contributed by atoms with Crippen LogP contribution in [0, 0.1) is 6.92 Å². The number of nitrogens with zero attached hydrogens (tertiary/aromatic N) is 4. The molecule has 0 bridgehead atoms. The summed E-state index contributed by atoms with van der Waals surface area (Å²) in [6.07, 6.45) is -4.82. The predicted octanol–water partition coefficient (Wildman–Crippen LogP) is 6.12. The molecule has 35 heavy (non-hydrogen) atoms. The summed E-state index contributed by atoms with van der Waals surface area (Å²) < 4.78 is 43.5. The van der Waals surface area contributed by atoms with Gasteiger partial charge >= 0.3 is 6.36 Å². The molecule has 0 saturated heterocycles. The van der Waals surface area contributed by atoms with Crippen molar-refractivity contribution in [2.24, 2.45) is 0 Å². The number of ether oxygens (including phenoxy) is 1. The second kappa shape index (κ2) is 8.62. The van der Waals surface area contributed by atoms with Gasteiger partial charge in [0.05, 0.1) is 21.7 Å². The fraction of sp³-hybridized carbons (Fsp3) is 0.125. The molecule has 7 nitrogen and oxygen atoms in total. The monoisotopic (exact) mass is 499 g/mol. The Kier molecular flexibility index (Phi) is 5.60. The molecule has 5 rings (SSSR count). The van der Waals surface area contributed by atoms with Crippen molar-refractivity contribution in [3.05, 3.63) is 76.9 Å². The van der Waals surface area contributed by atoms with E-state index in [4.69, 9.17) is 11.6 Å². The third kappa shape index (κ3) is 4.52. The van der Waals surface area contributed by atoms with Crippen LogP contribution < -0.4 is 10.1 Å². The van der Waals surface area contributed by atoms with Crippen molar-refractivity contribution >= 4 is 34.0 Å². The third-order valence-corrected chi connectivity index (χ3v) is 5.70. The highest BCUT2D eigenvalue weighted by Gasteiger charge is 2.31. The maximum atomic E-state index is 12.6. The molecule has 0 atom stereocenters. The number of benzene rings is 3. The lowest BCUT2D eigenvalue weighted by molar-refractivity contribution is -0.274. The first-order chi connectivity index (χ1) is 16.7. The summed E-state index contributed by atoms with van der Waals surface area (Å²) in [6, 6.07) is 16.1. The summed E-state index contributed by atoms with van der Waals surface area (Å²) in [7, 11) is 0. The largest absolute Gasteiger partial charge is 0.573 e. The van der Waals surface area contributed by atoms with Crippen molar-refractivity contribution < 1.29 is 23.0 Å². The number of nitrogens with one attached hydrogen (secondary N) is 1. The van der Waals surface area contributed by atoms with E-state index >= 15 is 0 Å². The van der Waals surface area contributed by atoms with Gasteiger partial charge in [0.25, 0.3) is 0 Å². The Morgan fingerprint density at radius 3 is 2.63 bits per heavy atom. The first-order valence-electron chi connectivity index (χ1n) is 10.4. The number of hydrogen-bond acceptors (Lipinski definition) is 6. The molecular weight excluding hydrogens is 483 g/mol. The number of phenols is 1. The highest BCUT2D eigenvalue weighted by Crippen LogP contribution is 2.31. The van der Waals surface area contributed by atoms with E-state index in [1.807, 2.05) is 41.7 Å². The van der Waals surface area contributed by atoms with Gasteiger partial charge in [-0.05, 0) is 55.5 Å². The molecule has 2 heterocycles. The topological polar surface area (TPSA) is 84.6 Å². The number of hydrogen-bond donors (Lipinski definition) is 2. The third-order valence-electron chi connectivity index (χ3n) is 5.37. The molecule has 0 spiro atoms. The van der Waals surface area contributed by atoms with Crippen LogP contribution in [0.3, 0.4) is 0 Å². The Labute approximate surface area is 201 Å². The smallest absolute Gasteiger partial charge is 0.508 e. The molecular formula is C24H17ClF3N5O2. The standard InChI is InChI=1S/C24H17ClF3N5O2/c1-13-22-31-32-23(17-4-2-3-5-18(17)25)33(22)20-11-15(6-8-19(20)30-13)29-12-14-10-16(7-9-21(14)34)35-24(26,27)28/h2-11,29,34H,12H2,1H3. The second-order valence-corrected chi connectivity index (χ2v) is 8.16. The quantitative estimate of drug-likeness (QED) is 0.303. The Hall–Kier alpha value is -4.05. The summed E-state index contributed by atoms with van der Waals surface area (Å²) in [5, 5.41) is 22.4. The number of alkyl halides is 3. The Bertz CT molecular complexity index is 1570. The number of phenolic OH excluding ortho intramolecular Hbond substituents is 1. The van der Waals surface area contributed by atoms with Crippen molar-refractivity contribution in [1.82, 2.24) is 19.6 Å². The van der Waals surface area contributed by atoms with Gasteiger partial charge in [-0.15, -0.1) is 23.4 Å². The first kappa shape index (κ1) is 22.7. The molecule has 5 aromatic rings. The lowest BCUT2D eigenvalue weighted by Gasteiger charge is -2.13. The van der Waals surface area contributed by atoms with Crippen LogP contribution in [-0.4, -0.2) is 31.1 Å². The first-order valence-corrected chi connectivity index (χ1v) is 10.8. The summed E-state index contributed by atoms with van der Waals surface area (Å²) in [5.41, 5.74) is 4.24. The average molecular weight is 500 g/mol. The van der Waals surface area contributed by atoms with Gasteiger partial charge < -0.3 is 15.2 Å². The maximum Gasteiger partial charge on any atom is 0.573 e. The highest BCUT2D eigenvalue weighted by molar-refractivity contribution is 6.33. The lowest BCUT2D eigenvalue weighted by atomic mass is 10.1. The highest BCUT2D eigenvalue weighted by atomic mass is 35.5. The van der Waals surface area contributed by atoms with Crippen LogP contribution in [0.15, 0.2) is 60.7 Å². The lowest BCUT2D eigenvalue weighted by Crippen LogP contribution is -2.17. The summed E-state index contributed by atoms with van der Waals surface area (Å²) in [4.78, 5) is 4.61. The van der Waals surface area contributed by atoms with Gasteiger partial charge in [0.1, 0.15) is 11.5 Å². The Morgan fingerprint density at radius 1 is 1.06 bits per heavy atom. The van der Waals surface area contributed by atoms with E-state index in [1.54, 1.807) is 12.1 Å². The molecule has 0 radical (unpaired) electrons. The number of aromatic nitrogens is 4. The molecule has 0 aliphatic carbocycles. The molecule has 3 aromatic carbocycles. The van der Waals surface area contributed by atoms with Gasteiger partial charge in [0.15, 0.2) is 11.5 Å². The number of rotatable bonds is 5. The molecule has 2 N–H and O–H groups in total. The van der Waals surface area contributed by atoms with Gasteiger partial charge in [-0.2, -0.15) is 0 Å². The Morgan fingerprint density at radius 2 is 1.86 bits per heavy atom. The second-order valence-electron chi connectivity index (χ2n) is 7.76. The van der Waals surface area contributed by atoms with E-state index in [1.165, 1.54) is 0 Å². The number of halogens is 4. The molecule has 0 unspecified atom stereocenters. The van der Waals surface area contributed by atoms with Gasteiger partial charge in [0, 0.05) is 23.4 Å². The van der Waals surface area contributed by atoms with Gasteiger partial charge in [0.2, 0.25) is 0 Å². The summed E-state index contributed by atoms with van der Waals surface area (Å²) in [5.74, 6) is -0.0268. The Balaban J connectivity index is 1.53. The van der Waals surface area contributed by atoms with Crippen LogP contribution in [0.2, 0.25) is 5.02 Å². The maximum absolute atomic E-state index is 12.6. The summed E-state index contributed by atoms with van der Waals surface area (Å²) in [6.45, 7) is 1.89. The zero-order valence-electron chi connectivity index (χ0n) is 18.1. The van der Waals surface area contributed by atoms with E-state index in [0.29, 0.717) is 44.5 Å². The van der Waals surface area contributed by atoms with Crippen LogP contribution in [-0.2, 0) is 6.54 Å². The van der Waals surface area contributed by atoms with E-state index in [0.717, 1.165) is 18.2 Å². The molecule has 11 heteroatoms. The van der Waals surface area contributed by atoms with Crippen LogP contribution >= 0.6 is 11.6 Å². The minimum absolute atomic E-state index is 0.0500. The average Bonchev–Trinajstić information content (AvgIpc) is 3.25. The van der Waals surface area contributed by atoms with Crippen LogP contribution in [0.25, 0.3) is 28.1 Å². The van der Waals surface area contributed by atoms with Gasteiger partial charge in [-0.3, -0.25) is 4.40 Å². The van der Waals surface area contributed by atoms with Crippen LogP contribution in [0.4, 0.5) is 18.9 Å². The fourth-order valence-electron chi connectivity index (χ4n) is 3.80. The summed E-state index contributed by atoms with van der Waals surface area (Å²) >= 11 is 6.41.